The highest BCUT2D eigenvalue weighted by Crippen LogP contribution is 2.34. The number of hydrogen-bond donors (Lipinski definition) is 1. The van der Waals surface area contributed by atoms with Crippen LogP contribution in [0.4, 0.5) is 0 Å². The largest absolute Gasteiger partial charge is 0.349 e. The molecule has 0 aliphatic heterocycles. The molecular formula is C12H15BrN2O. The number of aromatic nitrogens is 1. The molecule has 0 aromatic carbocycles. The number of carbonyl (C=O) groups is 1. The van der Waals surface area contributed by atoms with Crippen LogP contribution in [0.3, 0.4) is 0 Å². The number of amides is 1. The summed E-state index contributed by atoms with van der Waals surface area (Å²) in [5, 5.41) is 3.04. The van der Waals surface area contributed by atoms with Crippen molar-refractivity contribution in [2.24, 2.45) is 5.92 Å². The van der Waals surface area contributed by atoms with E-state index in [1.54, 1.807) is 18.3 Å². The van der Waals surface area contributed by atoms with Crippen molar-refractivity contribution in [1.82, 2.24) is 10.3 Å². The van der Waals surface area contributed by atoms with Gasteiger partial charge in [-0.15, -0.1) is 0 Å². The normalized spacial score (nSPS) is 22.9. The molecule has 3 nitrogen and oxygen atoms in total. The van der Waals surface area contributed by atoms with Crippen LogP contribution in [0.2, 0.25) is 0 Å². The van der Waals surface area contributed by atoms with E-state index in [0.717, 1.165) is 6.42 Å². The van der Waals surface area contributed by atoms with Gasteiger partial charge < -0.3 is 5.32 Å². The van der Waals surface area contributed by atoms with Crippen LogP contribution in [0.5, 0.6) is 0 Å². The number of halogens is 1. The number of nitrogens with zero attached hydrogens (tertiary/aromatic N) is 1. The van der Waals surface area contributed by atoms with Crippen LogP contribution in [0.15, 0.2) is 22.9 Å². The summed E-state index contributed by atoms with van der Waals surface area (Å²) >= 11 is 3.28. The minimum atomic E-state index is -0.0245. The van der Waals surface area contributed by atoms with Gasteiger partial charge in [0.15, 0.2) is 0 Å². The summed E-state index contributed by atoms with van der Waals surface area (Å²) < 4.78 is 0.611. The first-order chi connectivity index (χ1) is 7.72. The molecule has 0 saturated heterocycles. The summed E-state index contributed by atoms with van der Waals surface area (Å²) in [7, 11) is 0. The Balaban J connectivity index is 1.92. The number of hydrogen-bond acceptors (Lipinski definition) is 2. The molecule has 0 radical (unpaired) electrons. The maximum Gasteiger partial charge on any atom is 0.254 e. The van der Waals surface area contributed by atoms with E-state index >= 15 is 0 Å². The van der Waals surface area contributed by atoms with Gasteiger partial charge in [-0.1, -0.05) is 13.3 Å². The zero-order valence-electron chi connectivity index (χ0n) is 9.24. The number of nitrogens with one attached hydrogen (secondary N) is 1. The summed E-state index contributed by atoms with van der Waals surface area (Å²) in [6.07, 6.45) is 5.18. The van der Waals surface area contributed by atoms with Gasteiger partial charge in [0.25, 0.3) is 5.91 Å². The lowest BCUT2D eigenvalue weighted by Gasteiger charge is -2.05. The van der Waals surface area contributed by atoms with Crippen LogP contribution in [-0.2, 0) is 0 Å². The van der Waals surface area contributed by atoms with Crippen LogP contribution in [0.25, 0.3) is 0 Å². The molecule has 0 bridgehead atoms. The van der Waals surface area contributed by atoms with Crippen molar-refractivity contribution in [3.63, 3.8) is 0 Å². The average molecular weight is 283 g/mol. The minimum Gasteiger partial charge on any atom is -0.349 e. The maximum atomic E-state index is 11.9. The Morgan fingerprint density at radius 1 is 1.69 bits per heavy atom. The highest BCUT2D eigenvalue weighted by molar-refractivity contribution is 9.10. The predicted molar refractivity (Wildman–Crippen MR) is 66.2 cm³/mol. The fourth-order valence-corrected chi connectivity index (χ4v) is 2.35. The van der Waals surface area contributed by atoms with Gasteiger partial charge in [0, 0.05) is 12.2 Å². The summed E-state index contributed by atoms with van der Waals surface area (Å²) in [6, 6.07) is 3.93. The lowest BCUT2D eigenvalue weighted by molar-refractivity contribution is 0.0947. The molecule has 0 spiro atoms. The zero-order chi connectivity index (χ0) is 11.5. The summed E-state index contributed by atoms with van der Waals surface area (Å²) in [4.78, 5) is 15.9. The van der Waals surface area contributed by atoms with Crippen LogP contribution in [0.1, 0.15) is 36.5 Å². The molecule has 1 aromatic rings. The molecule has 1 aliphatic rings. The summed E-state index contributed by atoms with van der Waals surface area (Å²) in [6.45, 7) is 2.18. The van der Waals surface area contributed by atoms with Crippen LogP contribution in [0, 0.1) is 5.92 Å². The molecule has 2 atom stereocenters. The fraction of sp³-hybridized carbons (Fsp3) is 0.500. The van der Waals surface area contributed by atoms with E-state index in [9.17, 15) is 4.79 Å². The van der Waals surface area contributed by atoms with Gasteiger partial charge in [-0.3, -0.25) is 4.79 Å². The molecule has 16 heavy (non-hydrogen) atoms. The summed E-state index contributed by atoms with van der Waals surface area (Å²) in [5.74, 6) is 0.660. The maximum absolute atomic E-state index is 11.9. The Morgan fingerprint density at radius 3 is 3.19 bits per heavy atom. The third kappa shape index (κ3) is 2.61. The van der Waals surface area contributed by atoms with Gasteiger partial charge in [0.2, 0.25) is 0 Å². The van der Waals surface area contributed by atoms with Gasteiger partial charge in [-0.2, -0.15) is 0 Å². The van der Waals surface area contributed by atoms with Crippen molar-refractivity contribution in [3.8, 4) is 0 Å². The van der Waals surface area contributed by atoms with E-state index in [4.69, 9.17) is 0 Å². The lowest BCUT2D eigenvalue weighted by Crippen LogP contribution is -2.27. The minimum absolute atomic E-state index is 0.0245. The van der Waals surface area contributed by atoms with E-state index in [1.165, 1.54) is 12.8 Å². The molecule has 2 unspecified atom stereocenters. The Morgan fingerprint density at radius 2 is 2.50 bits per heavy atom. The third-order valence-corrected chi connectivity index (χ3v) is 3.53. The van der Waals surface area contributed by atoms with Crippen molar-refractivity contribution in [2.45, 2.75) is 32.2 Å². The van der Waals surface area contributed by atoms with E-state index in [1.807, 2.05) is 0 Å². The molecule has 2 rings (SSSR count). The number of rotatable bonds is 4. The second-order valence-corrected chi connectivity index (χ2v) is 4.96. The van der Waals surface area contributed by atoms with Crippen molar-refractivity contribution in [2.75, 3.05) is 0 Å². The first kappa shape index (κ1) is 11.6. The number of pyridine rings is 1. The van der Waals surface area contributed by atoms with Crippen molar-refractivity contribution >= 4 is 21.8 Å². The highest BCUT2D eigenvalue weighted by atomic mass is 79.9. The molecule has 1 fully saturated rings. The second kappa shape index (κ2) is 4.95. The SMILES string of the molecule is CCCC1CC1NC(=O)c1cccnc1Br. The first-order valence-corrected chi connectivity index (χ1v) is 6.43. The smallest absolute Gasteiger partial charge is 0.254 e. The standard InChI is InChI=1S/C12H15BrN2O/c1-2-4-8-7-10(8)15-12(16)9-5-3-6-14-11(9)13/h3,5-6,8,10H,2,4,7H2,1H3,(H,15,16). The summed E-state index contributed by atoms with van der Waals surface area (Å²) in [5.41, 5.74) is 0.615. The van der Waals surface area contributed by atoms with Gasteiger partial charge >= 0.3 is 0 Å². The molecule has 1 N–H and O–H groups in total. The van der Waals surface area contributed by atoms with Crippen LogP contribution >= 0.6 is 15.9 Å². The first-order valence-electron chi connectivity index (χ1n) is 5.63. The molecule has 1 saturated carbocycles. The Kier molecular flexibility index (Phi) is 3.59. The van der Waals surface area contributed by atoms with Gasteiger partial charge in [0.1, 0.15) is 4.60 Å². The fourth-order valence-electron chi connectivity index (χ4n) is 1.92. The molecule has 1 aromatic heterocycles. The Hall–Kier alpha value is -0.900. The molecule has 4 heteroatoms. The monoisotopic (exact) mass is 282 g/mol. The van der Waals surface area contributed by atoms with E-state index in [0.29, 0.717) is 22.1 Å². The Bertz CT molecular complexity index is 394. The average Bonchev–Trinajstić information content (AvgIpc) is 2.97. The lowest BCUT2D eigenvalue weighted by atomic mass is 10.2. The van der Waals surface area contributed by atoms with Crippen LogP contribution < -0.4 is 5.32 Å². The van der Waals surface area contributed by atoms with E-state index < -0.39 is 0 Å². The van der Waals surface area contributed by atoms with Crippen molar-refractivity contribution in [1.29, 1.82) is 0 Å². The number of carbonyl (C=O) groups excluding carboxylic acids is 1. The van der Waals surface area contributed by atoms with Crippen molar-refractivity contribution in [3.05, 3.63) is 28.5 Å². The predicted octanol–water partition coefficient (Wildman–Crippen LogP) is 2.76. The van der Waals surface area contributed by atoms with Crippen LogP contribution in [-0.4, -0.2) is 16.9 Å². The zero-order valence-corrected chi connectivity index (χ0v) is 10.8. The van der Waals surface area contributed by atoms with Gasteiger partial charge in [0.05, 0.1) is 5.56 Å². The second-order valence-electron chi connectivity index (χ2n) is 4.21. The van der Waals surface area contributed by atoms with Gasteiger partial charge in [-0.25, -0.2) is 4.98 Å². The highest BCUT2D eigenvalue weighted by Gasteiger charge is 2.37. The van der Waals surface area contributed by atoms with E-state index in [2.05, 4.69) is 33.2 Å². The molecule has 1 aliphatic carbocycles. The molecule has 86 valence electrons. The molecular weight excluding hydrogens is 268 g/mol. The van der Waals surface area contributed by atoms with Crippen molar-refractivity contribution < 1.29 is 4.79 Å². The Labute approximate surface area is 104 Å². The third-order valence-electron chi connectivity index (χ3n) is 2.90. The van der Waals surface area contributed by atoms with E-state index in [-0.39, 0.29) is 5.91 Å². The molecule has 1 heterocycles. The quantitative estimate of drug-likeness (QED) is 0.863. The van der Waals surface area contributed by atoms with Gasteiger partial charge in [-0.05, 0) is 46.8 Å². The topological polar surface area (TPSA) is 42.0 Å². The molecule has 1 amide bonds.